The van der Waals surface area contributed by atoms with Crippen LogP contribution >= 0.6 is 0 Å². The molecule has 2 aliphatic rings. The van der Waals surface area contributed by atoms with Gasteiger partial charge in [0.2, 0.25) is 0 Å². The van der Waals surface area contributed by atoms with Gasteiger partial charge in [-0.15, -0.1) is 0 Å². The van der Waals surface area contributed by atoms with E-state index in [1.165, 1.54) is 5.56 Å². The molecule has 0 aromatic carbocycles. The van der Waals surface area contributed by atoms with Crippen LogP contribution in [0, 0.1) is 11.3 Å². The predicted molar refractivity (Wildman–Crippen MR) is 98.4 cm³/mol. The highest BCUT2D eigenvalue weighted by atomic mass is 16.5. The molecule has 26 heavy (non-hydrogen) atoms. The van der Waals surface area contributed by atoms with Gasteiger partial charge in [-0.05, 0) is 49.2 Å². The number of hydrogen-bond acceptors (Lipinski definition) is 6. The van der Waals surface area contributed by atoms with E-state index in [4.69, 9.17) is 10.00 Å². The Bertz CT molecular complexity index is 790. The molecule has 4 heterocycles. The molecule has 2 aromatic heterocycles. The number of rotatable bonds is 4. The summed E-state index contributed by atoms with van der Waals surface area (Å²) in [5.74, 6) is 0.749. The van der Waals surface area contributed by atoms with Gasteiger partial charge in [-0.2, -0.15) is 5.26 Å². The number of hydrogen-bond donors (Lipinski definition) is 1. The third kappa shape index (κ3) is 3.85. The van der Waals surface area contributed by atoms with E-state index in [1.54, 1.807) is 6.07 Å². The SMILES string of the molecule is N#Cc1cccc(N[C@H]2CO[C@@]3(CCCN(Cc4ccncc4)C3)C2)n1. The summed E-state index contributed by atoms with van der Waals surface area (Å²) in [6, 6.07) is 12.0. The van der Waals surface area contributed by atoms with E-state index in [0.717, 1.165) is 44.7 Å². The number of anilines is 1. The molecule has 0 amide bonds. The maximum atomic E-state index is 9.00. The second kappa shape index (κ2) is 7.40. The molecule has 1 N–H and O–H groups in total. The van der Waals surface area contributed by atoms with Gasteiger partial charge in [-0.3, -0.25) is 9.88 Å². The minimum Gasteiger partial charge on any atom is -0.371 e. The number of ether oxygens (including phenoxy) is 1. The lowest BCUT2D eigenvalue weighted by Crippen LogP contribution is -2.47. The van der Waals surface area contributed by atoms with Crippen LogP contribution in [0.25, 0.3) is 0 Å². The summed E-state index contributed by atoms with van der Waals surface area (Å²) < 4.78 is 6.28. The minimum absolute atomic E-state index is 0.0736. The van der Waals surface area contributed by atoms with Crippen molar-refractivity contribution in [2.45, 2.75) is 37.5 Å². The fourth-order valence-corrected chi connectivity index (χ4v) is 4.08. The second-order valence-corrected chi connectivity index (χ2v) is 7.23. The van der Waals surface area contributed by atoms with Gasteiger partial charge in [0, 0.05) is 31.9 Å². The highest BCUT2D eigenvalue weighted by Crippen LogP contribution is 2.36. The Morgan fingerprint density at radius 2 is 2.19 bits per heavy atom. The molecule has 4 rings (SSSR count). The first-order valence-electron chi connectivity index (χ1n) is 9.14. The van der Waals surface area contributed by atoms with Gasteiger partial charge >= 0.3 is 0 Å². The van der Waals surface area contributed by atoms with E-state index < -0.39 is 0 Å². The highest BCUT2D eigenvalue weighted by molar-refractivity contribution is 5.39. The average molecular weight is 349 g/mol. The maximum absolute atomic E-state index is 9.00. The van der Waals surface area contributed by atoms with Gasteiger partial charge in [0.15, 0.2) is 0 Å². The summed E-state index contributed by atoms with van der Waals surface area (Å²) in [7, 11) is 0. The van der Waals surface area contributed by atoms with Crippen LogP contribution in [0.15, 0.2) is 42.7 Å². The molecule has 0 unspecified atom stereocenters. The van der Waals surface area contributed by atoms with E-state index in [1.807, 2.05) is 24.5 Å². The summed E-state index contributed by atoms with van der Waals surface area (Å²) in [6.07, 6.45) is 6.93. The van der Waals surface area contributed by atoms with Crippen molar-refractivity contribution in [2.75, 3.05) is 25.0 Å². The molecule has 0 saturated carbocycles. The van der Waals surface area contributed by atoms with Crippen molar-refractivity contribution in [2.24, 2.45) is 0 Å². The summed E-state index contributed by atoms with van der Waals surface area (Å²) >= 11 is 0. The van der Waals surface area contributed by atoms with Crippen LogP contribution in [-0.4, -0.2) is 46.2 Å². The third-order valence-corrected chi connectivity index (χ3v) is 5.20. The highest BCUT2D eigenvalue weighted by Gasteiger charge is 2.43. The Hall–Kier alpha value is -2.49. The predicted octanol–water partition coefficient (Wildman–Crippen LogP) is 2.58. The molecule has 2 atom stereocenters. The van der Waals surface area contributed by atoms with Crippen molar-refractivity contribution in [3.05, 3.63) is 54.0 Å². The number of nitriles is 1. The molecular formula is C20H23N5O. The van der Waals surface area contributed by atoms with E-state index in [9.17, 15) is 0 Å². The van der Waals surface area contributed by atoms with Crippen LogP contribution in [0.4, 0.5) is 5.82 Å². The van der Waals surface area contributed by atoms with Gasteiger partial charge in [-0.1, -0.05) is 6.07 Å². The Morgan fingerprint density at radius 1 is 1.31 bits per heavy atom. The van der Waals surface area contributed by atoms with E-state index >= 15 is 0 Å². The van der Waals surface area contributed by atoms with Crippen molar-refractivity contribution in [1.82, 2.24) is 14.9 Å². The average Bonchev–Trinajstić information content (AvgIpc) is 3.04. The van der Waals surface area contributed by atoms with Crippen molar-refractivity contribution >= 4 is 5.82 Å². The number of nitrogens with zero attached hydrogens (tertiary/aromatic N) is 4. The van der Waals surface area contributed by atoms with E-state index in [2.05, 4.69) is 38.4 Å². The smallest absolute Gasteiger partial charge is 0.142 e. The Labute approximate surface area is 153 Å². The van der Waals surface area contributed by atoms with Crippen LogP contribution in [0.2, 0.25) is 0 Å². The largest absolute Gasteiger partial charge is 0.371 e. The van der Waals surface area contributed by atoms with Gasteiger partial charge < -0.3 is 10.1 Å². The van der Waals surface area contributed by atoms with Gasteiger partial charge in [0.25, 0.3) is 0 Å². The molecule has 6 nitrogen and oxygen atoms in total. The number of piperidine rings is 1. The Balaban J connectivity index is 1.37. The molecule has 2 fully saturated rings. The zero-order valence-electron chi connectivity index (χ0n) is 14.8. The lowest BCUT2D eigenvalue weighted by atomic mass is 9.88. The number of aromatic nitrogens is 2. The lowest BCUT2D eigenvalue weighted by molar-refractivity contribution is -0.0533. The zero-order valence-corrected chi connectivity index (χ0v) is 14.8. The Kier molecular flexibility index (Phi) is 4.83. The molecule has 2 saturated heterocycles. The standard InChI is InChI=1S/C20H23N5O/c21-12-17-3-1-4-19(23-17)24-18-11-20(26-14-18)7-2-10-25(15-20)13-16-5-8-22-9-6-16/h1,3-6,8-9,18H,2,7,10-11,13-15H2,(H,23,24)/t18-,20+/m1/s1. The normalized spacial score (nSPS) is 25.9. The van der Waals surface area contributed by atoms with Crippen molar-refractivity contribution in [1.29, 1.82) is 5.26 Å². The number of pyridine rings is 2. The maximum Gasteiger partial charge on any atom is 0.142 e. The molecule has 0 bridgehead atoms. The number of likely N-dealkylation sites (tertiary alicyclic amines) is 1. The second-order valence-electron chi connectivity index (χ2n) is 7.23. The van der Waals surface area contributed by atoms with Crippen molar-refractivity contribution < 1.29 is 4.74 Å². The molecule has 0 radical (unpaired) electrons. The summed E-state index contributed by atoms with van der Waals surface area (Å²) in [5.41, 5.74) is 1.66. The first-order valence-corrected chi connectivity index (χ1v) is 9.14. The molecule has 6 heteroatoms. The Morgan fingerprint density at radius 3 is 3.04 bits per heavy atom. The van der Waals surface area contributed by atoms with Gasteiger partial charge in [0.1, 0.15) is 17.6 Å². The third-order valence-electron chi connectivity index (χ3n) is 5.20. The van der Waals surface area contributed by atoms with Crippen molar-refractivity contribution in [3.63, 3.8) is 0 Å². The molecular weight excluding hydrogens is 326 g/mol. The van der Waals surface area contributed by atoms with Crippen LogP contribution < -0.4 is 5.32 Å². The fourth-order valence-electron chi connectivity index (χ4n) is 4.08. The first kappa shape index (κ1) is 17.0. The van der Waals surface area contributed by atoms with E-state index in [0.29, 0.717) is 12.3 Å². The zero-order chi connectivity index (χ0) is 17.8. The van der Waals surface area contributed by atoms with Crippen LogP contribution in [0.3, 0.4) is 0 Å². The lowest BCUT2D eigenvalue weighted by Gasteiger charge is -2.39. The number of nitrogens with one attached hydrogen (secondary N) is 1. The summed E-state index contributed by atoms with van der Waals surface area (Å²) in [5, 5.41) is 12.4. The van der Waals surface area contributed by atoms with Crippen LogP contribution in [0.5, 0.6) is 0 Å². The molecule has 0 aliphatic carbocycles. The fraction of sp³-hybridized carbons (Fsp3) is 0.450. The summed E-state index contributed by atoms with van der Waals surface area (Å²) in [6.45, 7) is 3.69. The van der Waals surface area contributed by atoms with Crippen molar-refractivity contribution in [3.8, 4) is 6.07 Å². The minimum atomic E-state index is -0.0736. The van der Waals surface area contributed by atoms with Crippen LogP contribution in [-0.2, 0) is 11.3 Å². The molecule has 1 spiro atoms. The van der Waals surface area contributed by atoms with Gasteiger partial charge in [0.05, 0.1) is 18.2 Å². The quantitative estimate of drug-likeness (QED) is 0.914. The van der Waals surface area contributed by atoms with Crippen LogP contribution in [0.1, 0.15) is 30.5 Å². The molecule has 2 aliphatic heterocycles. The molecule has 2 aromatic rings. The summed E-state index contributed by atoms with van der Waals surface area (Å²) in [4.78, 5) is 10.9. The van der Waals surface area contributed by atoms with Gasteiger partial charge in [-0.25, -0.2) is 4.98 Å². The van der Waals surface area contributed by atoms with E-state index in [-0.39, 0.29) is 11.6 Å². The topological polar surface area (TPSA) is 74.1 Å². The monoisotopic (exact) mass is 349 g/mol. The molecule has 134 valence electrons. The first-order chi connectivity index (χ1) is 12.7.